The Balaban J connectivity index is 1.49. The molecule has 114 valence electrons. The minimum absolute atomic E-state index is 0.0274. The zero-order valence-electron chi connectivity index (χ0n) is 11.7. The van der Waals surface area contributed by atoms with Crippen LogP contribution in [0.4, 0.5) is 0 Å². The molecule has 0 saturated heterocycles. The van der Waals surface area contributed by atoms with Crippen LogP contribution in [0.1, 0.15) is 24.1 Å². The van der Waals surface area contributed by atoms with Crippen molar-refractivity contribution in [2.24, 2.45) is 17.8 Å². The molecule has 1 amide bonds. The van der Waals surface area contributed by atoms with Gasteiger partial charge in [0, 0.05) is 16.7 Å². The lowest BCUT2D eigenvalue weighted by Gasteiger charge is -2.28. The number of amides is 1. The number of carbonyl (C=O) groups is 2. The normalized spacial score (nSPS) is 30.5. The van der Waals surface area contributed by atoms with Crippen LogP contribution in [0.15, 0.2) is 17.5 Å². The molecule has 1 heterocycles. The standard InChI is InChI=1S/C15H19NO3S2/c17-12(8-20-7-11-2-1-5-21-11)16-14-10-4-3-9(6-10)13(14)15(18)19/h1-2,5,9-10,13-14H,3-4,6-8H2,(H,16,17)(H,18,19). The van der Waals surface area contributed by atoms with E-state index in [1.54, 1.807) is 23.1 Å². The van der Waals surface area contributed by atoms with Gasteiger partial charge >= 0.3 is 5.97 Å². The highest BCUT2D eigenvalue weighted by atomic mass is 32.2. The number of fused-ring (bicyclic) bond motifs is 2. The fourth-order valence-electron chi connectivity index (χ4n) is 3.72. The van der Waals surface area contributed by atoms with Crippen molar-refractivity contribution >= 4 is 35.0 Å². The van der Waals surface area contributed by atoms with E-state index in [0.29, 0.717) is 11.7 Å². The van der Waals surface area contributed by atoms with Crippen LogP contribution < -0.4 is 5.32 Å². The van der Waals surface area contributed by atoms with E-state index in [2.05, 4.69) is 11.4 Å². The number of thioether (sulfide) groups is 1. The first-order valence-corrected chi connectivity index (χ1v) is 9.31. The second-order valence-electron chi connectivity index (χ2n) is 5.86. The van der Waals surface area contributed by atoms with Gasteiger partial charge in [-0.25, -0.2) is 0 Å². The van der Waals surface area contributed by atoms with Crippen molar-refractivity contribution in [3.05, 3.63) is 22.4 Å². The summed E-state index contributed by atoms with van der Waals surface area (Å²) >= 11 is 3.27. The number of hydrogen-bond donors (Lipinski definition) is 2. The number of nitrogens with one attached hydrogen (secondary N) is 1. The molecule has 0 aliphatic heterocycles. The summed E-state index contributed by atoms with van der Waals surface area (Å²) in [6, 6.07) is 3.91. The second kappa shape index (κ2) is 6.40. The van der Waals surface area contributed by atoms with E-state index in [-0.39, 0.29) is 23.8 Å². The van der Waals surface area contributed by atoms with E-state index in [9.17, 15) is 14.7 Å². The van der Waals surface area contributed by atoms with Crippen LogP contribution in [0.2, 0.25) is 0 Å². The molecule has 6 heteroatoms. The minimum Gasteiger partial charge on any atom is -0.481 e. The minimum atomic E-state index is -0.751. The zero-order chi connectivity index (χ0) is 14.8. The van der Waals surface area contributed by atoms with Crippen LogP contribution in [-0.2, 0) is 15.3 Å². The summed E-state index contributed by atoms with van der Waals surface area (Å²) in [7, 11) is 0. The lowest BCUT2D eigenvalue weighted by Crippen LogP contribution is -2.47. The van der Waals surface area contributed by atoms with Crippen LogP contribution >= 0.6 is 23.1 Å². The van der Waals surface area contributed by atoms with Gasteiger partial charge in [-0.05, 0) is 42.5 Å². The molecule has 2 bridgehead atoms. The number of carbonyl (C=O) groups excluding carboxylic acids is 1. The van der Waals surface area contributed by atoms with Crippen molar-refractivity contribution in [3.8, 4) is 0 Å². The van der Waals surface area contributed by atoms with Crippen molar-refractivity contribution < 1.29 is 14.7 Å². The average Bonchev–Trinajstić information content (AvgIpc) is 3.14. The number of aliphatic carboxylic acids is 1. The monoisotopic (exact) mass is 325 g/mol. The molecule has 2 aliphatic carbocycles. The first-order chi connectivity index (χ1) is 10.1. The Morgan fingerprint density at radius 3 is 2.90 bits per heavy atom. The Hall–Kier alpha value is -1.01. The van der Waals surface area contributed by atoms with Crippen molar-refractivity contribution in [3.63, 3.8) is 0 Å². The van der Waals surface area contributed by atoms with Crippen LogP contribution in [0.3, 0.4) is 0 Å². The predicted molar refractivity (Wildman–Crippen MR) is 84.4 cm³/mol. The number of thiophene rings is 1. The molecule has 4 unspecified atom stereocenters. The quantitative estimate of drug-likeness (QED) is 0.844. The van der Waals surface area contributed by atoms with E-state index in [4.69, 9.17) is 0 Å². The molecule has 0 spiro atoms. The Morgan fingerprint density at radius 1 is 1.38 bits per heavy atom. The van der Waals surface area contributed by atoms with Gasteiger partial charge < -0.3 is 10.4 Å². The second-order valence-corrected chi connectivity index (χ2v) is 7.88. The van der Waals surface area contributed by atoms with Crippen LogP contribution in [0, 0.1) is 17.8 Å². The molecule has 3 rings (SSSR count). The van der Waals surface area contributed by atoms with Gasteiger partial charge in [-0.3, -0.25) is 9.59 Å². The highest BCUT2D eigenvalue weighted by Gasteiger charge is 2.51. The smallest absolute Gasteiger partial charge is 0.308 e. The van der Waals surface area contributed by atoms with Gasteiger partial charge in [-0.15, -0.1) is 23.1 Å². The van der Waals surface area contributed by atoms with Crippen molar-refractivity contribution in [2.45, 2.75) is 31.1 Å². The summed E-state index contributed by atoms with van der Waals surface area (Å²) in [6.45, 7) is 0. The van der Waals surface area contributed by atoms with Crippen molar-refractivity contribution in [2.75, 3.05) is 5.75 Å². The molecule has 21 heavy (non-hydrogen) atoms. The third-order valence-corrected chi connectivity index (χ3v) is 6.63. The van der Waals surface area contributed by atoms with Gasteiger partial charge in [0.1, 0.15) is 0 Å². The first-order valence-electron chi connectivity index (χ1n) is 7.27. The van der Waals surface area contributed by atoms with Crippen molar-refractivity contribution in [1.82, 2.24) is 5.32 Å². The third kappa shape index (κ3) is 3.26. The highest BCUT2D eigenvalue weighted by Crippen LogP contribution is 2.48. The Labute approximate surface area is 132 Å². The Bertz CT molecular complexity index is 517. The number of carboxylic acid groups (broad SMARTS) is 1. The van der Waals surface area contributed by atoms with Gasteiger partial charge in [0.2, 0.25) is 5.91 Å². The predicted octanol–water partition coefficient (Wildman–Crippen LogP) is 2.60. The maximum absolute atomic E-state index is 12.1. The van der Waals surface area contributed by atoms with Gasteiger partial charge in [-0.1, -0.05) is 6.07 Å². The molecule has 2 N–H and O–H groups in total. The highest BCUT2D eigenvalue weighted by molar-refractivity contribution is 7.99. The van der Waals surface area contributed by atoms with E-state index in [1.807, 2.05) is 11.4 Å². The summed E-state index contributed by atoms with van der Waals surface area (Å²) in [5, 5.41) is 14.4. The van der Waals surface area contributed by atoms with E-state index in [1.165, 1.54) is 4.88 Å². The first kappa shape index (κ1) is 14.9. The zero-order valence-corrected chi connectivity index (χ0v) is 13.3. The summed E-state index contributed by atoms with van der Waals surface area (Å²) in [6.07, 6.45) is 3.02. The third-order valence-electron chi connectivity index (χ3n) is 4.59. The molecule has 2 fully saturated rings. The maximum atomic E-state index is 12.1. The molecular weight excluding hydrogens is 306 g/mol. The molecule has 2 saturated carbocycles. The van der Waals surface area contributed by atoms with Gasteiger partial charge in [-0.2, -0.15) is 0 Å². The van der Waals surface area contributed by atoms with Gasteiger partial charge in [0.05, 0.1) is 11.7 Å². The van der Waals surface area contributed by atoms with Gasteiger partial charge in [0.25, 0.3) is 0 Å². The molecule has 4 atom stereocenters. The summed E-state index contributed by atoms with van der Waals surface area (Å²) in [5.74, 6) is 0.704. The molecule has 2 aliphatic rings. The maximum Gasteiger partial charge on any atom is 0.308 e. The molecular formula is C15H19NO3S2. The van der Waals surface area contributed by atoms with Crippen LogP contribution in [0.25, 0.3) is 0 Å². The van der Waals surface area contributed by atoms with E-state index < -0.39 is 5.97 Å². The lowest BCUT2D eigenvalue weighted by atomic mass is 9.84. The topological polar surface area (TPSA) is 66.4 Å². The fraction of sp³-hybridized carbons (Fsp3) is 0.600. The van der Waals surface area contributed by atoms with Crippen molar-refractivity contribution in [1.29, 1.82) is 0 Å². The molecule has 0 aromatic carbocycles. The van der Waals surface area contributed by atoms with Crippen LogP contribution in [0.5, 0.6) is 0 Å². The number of carboxylic acids is 1. The molecule has 1 aromatic rings. The van der Waals surface area contributed by atoms with E-state index in [0.717, 1.165) is 25.0 Å². The van der Waals surface area contributed by atoms with Gasteiger partial charge in [0.15, 0.2) is 0 Å². The fourth-order valence-corrected chi connectivity index (χ4v) is 5.40. The Morgan fingerprint density at radius 2 is 2.19 bits per heavy atom. The lowest BCUT2D eigenvalue weighted by molar-refractivity contribution is -0.144. The molecule has 1 aromatic heterocycles. The van der Waals surface area contributed by atoms with E-state index >= 15 is 0 Å². The van der Waals surface area contributed by atoms with Crippen LogP contribution in [-0.4, -0.2) is 28.8 Å². The largest absolute Gasteiger partial charge is 0.481 e. The molecule has 0 radical (unpaired) electrons. The average molecular weight is 325 g/mol. The Kier molecular flexibility index (Phi) is 4.54. The summed E-state index contributed by atoms with van der Waals surface area (Å²) < 4.78 is 0. The summed E-state index contributed by atoms with van der Waals surface area (Å²) in [4.78, 5) is 24.7. The molecule has 4 nitrogen and oxygen atoms in total. The SMILES string of the molecule is O=C(CSCc1cccs1)NC1C2CCC(C2)C1C(=O)O. The number of hydrogen-bond acceptors (Lipinski definition) is 4. The summed E-state index contributed by atoms with van der Waals surface area (Å²) in [5.41, 5.74) is 0. The number of rotatable bonds is 6.